The Morgan fingerprint density at radius 1 is 0.593 bits per heavy atom. The zero-order chi connectivity index (χ0) is 37.3. The van der Waals surface area contributed by atoms with E-state index in [0.717, 1.165) is 74.1 Å². The van der Waals surface area contributed by atoms with Gasteiger partial charge in [-0.3, -0.25) is 19.6 Å². The molecule has 0 unspecified atom stereocenters. The lowest BCUT2D eigenvalue weighted by molar-refractivity contribution is 0.132. The number of H-pyrrole nitrogens is 2. The van der Waals surface area contributed by atoms with Crippen LogP contribution in [-0.4, -0.2) is 62.8 Å². The fourth-order valence-corrected chi connectivity index (χ4v) is 8.96. The smallest absolute Gasteiger partial charge is 0.258 e. The summed E-state index contributed by atoms with van der Waals surface area (Å²) in [6, 6.07) is 18.7. The summed E-state index contributed by atoms with van der Waals surface area (Å²) in [5.74, 6) is 2.74. The van der Waals surface area contributed by atoms with Gasteiger partial charge in [0.1, 0.15) is 11.6 Å². The molecule has 6 aromatic rings. The molecule has 0 bridgehead atoms. The zero-order valence-corrected chi connectivity index (χ0v) is 31.4. The van der Waals surface area contributed by atoms with Crippen LogP contribution in [0.3, 0.4) is 0 Å². The number of thioether (sulfide) groups is 2. The Labute approximate surface area is 321 Å². The fourth-order valence-electron chi connectivity index (χ4n) is 6.69. The average molecular weight is 765 g/mol. The van der Waals surface area contributed by atoms with Crippen LogP contribution in [0.1, 0.15) is 63.0 Å². The van der Waals surface area contributed by atoms with E-state index in [4.69, 9.17) is 0 Å². The molecule has 4 heterocycles. The third-order valence-electron chi connectivity index (χ3n) is 9.61. The van der Waals surface area contributed by atoms with E-state index in [1.54, 1.807) is 36.9 Å². The Morgan fingerprint density at radius 2 is 1.02 bits per heavy atom. The summed E-state index contributed by atoms with van der Waals surface area (Å²) in [6.07, 6.45) is 14.2. The zero-order valence-electron chi connectivity index (χ0n) is 29.8. The van der Waals surface area contributed by atoms with E-state index in [1.165, 1.54) is 0 Å². The molecule has 6 N–H and O–H groups in total. The van der Waals surface area contributed by atoms with Crippen molar-refractivity contribution >= 4 is 68.1 Å². The first-order chi connectivity index (χ1) is 26.3. The molecule has 0 aliphatic heterocycles. The third-order valence-corrected chi connectivity index (χ3v) is 12.4. The van der Waals surface area contributed by atoms with Crippen LogP contribution in [0.4, 0.5) is 22.7 Å². The molecule has 2 saturated carbocycles. The highest BCUT2D eigenvalue weighted by Crippen LogP contribution is 2.31. The number of hydrogen-bond donors (Lipinski definition) is 6. The number of benzene rings is 2. The number of aliphatic hydroxyl groups is 2. The van der Waals surface area contributed by atoms with Gasteiger partial charge in [-0.1, -0.05) is 0 Å². The molecule has 280 valence electrons. The monoisotopic (exact) mass is 764 g/mol. The van der Waals surface area contributed by atoms with Crippen LogP contribution in [0, 0.1) is 0 Å². The van der Waals surface area contributed by atoms with Gasteiger partial charge in [0.15, 0.2) is 0 Å². The van der Waals surface area contributed by atoms with Gasteiger partial charge < -0.3 is 30.8 Å². The lowest BCUT2D eigenvalue weighted by Gasteiger charge is -2.24. The van der Waals surface area contributed by atoms with Crippen LogP contribution >= 0.6 is 23.5 Å². The van der Waals surface area contributed by atoms with Crippen molar-refractivity contribution in [1.29, 1.82) is 0 Å². The highest BCUT2D eigenvalue weighted by Gasteiger charge is 2.21. The summed E-state index contributed by atoms with van der Waals surface area (Å²) >= 11 is 3.62. The lowest BCUT2D eigenvalue weighted by Crippen LogP contribution is -2.20. The second-order valence-electron chi connectivity index (χ2n) is 13.7. The van der Waals surface area contributed by atoms with Gasteiger partial charge >= 0.3 is 0 Å². The van der Waals surface area contributed by atoms with Crippen molar-refractivity contribution in [2.24, 2.45) is 0 Å². The van der Waals surface area contributed by atoms with Gasteiger partial charge in [-0.2, -0.15) is 23.5 Å². The molecule has 2 aromatic carbocycles. The molecule has 4 aromatic heterocycles. The number of fused-ring (bicyclic) bond motifs is 2. The van der Waals surface area contributed by atoms with Crippen molar-refractivity contribution in [3.05, 3.63) is 118 Å². The molecule has 14 heteroatoms. The number of rotatable bonds is 10. The number of aromatic nitrogens is 6. The SMILES string of the molecule is O=c1[nH]c(CSC2CCC(O)CC2)nc2cc(Nc3cccnc3)ccc12.O=c1[nH]c(CS[C@H]2CC[C@H](O)CC2)nc2cc(Nc3cccnc3)ccc12. The van der Waals surface area contributed by atoms with Gasteiger partial charge in [0.05, 0.1) is 69.3 Å². The van der Waals surface area contributed by atoms with Gasteiger partial charge in [-0.25, -0.2) is 9.97 Å². The molecule has 0 amide bonds. The van der Waals surface area contributed by atoms with Gasteiger partial charge in [-0.05, 0) is 112 Å². The molecular weight excluding hydrogens is 721 g/mol. The van der Waals surface area contributed by atoms with Crippen LogP contribution in [0.15, 0.2) is 95.0 Å². The van der Waals surface area contributed by atoms with E-state index in [-0.39, 0.29) is 23.3 Å². The van der Waals surface area contributed by atoms with E-state index in [1.807, 2.05) is 72.1 Å². The first kappa shape index (κ1) is 37.6. The second kappa shape index (κ2) is 18.0. The summed E-state index contributed by atoms with van der Waals surface area (Å²) in [6.45, 7) is 0. The van der Waals surface area contributed by atoms with Gasteiger partial charge in [0, 0.05) is 34.3 Å². The van der Waals surface area contributed by atoms with Gasteiger partial charge in [0.25, 0.3) is 11.1 Å². The second-order valence-corrected chi connectivity index (χ2v) is 16.3. The van der Waals surface area contributed by atoms with Crippen molar-refractivity contribution in [3.8, 4) is 0 Å². The Bertz CT molecular complexity index is 2100. The maximum atomic E-state index is 12.4. The summed E-state index contributed by atoms with van der Waals surface area (Å²) in [4.78, 5) is 48.1. The third kappa shape index (κ3) is 10.3. The van der Waals surface area contributed by atoms with Crippen molar-refractivity contribution in [3.63, 3.8) is 0 Å². The molecule has 0 spiro atoms. The Kier molecular flexibility index (Phi) is 12.5. The number of hydrogen-bond acceptors (Lipinski definition) is 12. The van der Waals surface area contributed by atoms with Crippen LogP contribution in [0.5, 0.6) is 0 Å². The first-order valence-electron chi connectivity index (χ1n) is 18.3. The summed E-state index contributed by atoms with van der Waals surface area (Å²) < 4.78 is 0. The van der Waals surface area contributed by atoms with Crippen LogP contribution in [-0.2, 0) is 11.5 Å². The fraction of sp³-hybridized carbons (Fsp3) is 0.350. The standard InChI is InChI=1S/2C20H22N4O2S/c2*25-15-4-6-16(7-5-15)27-12-19-23-18-10-13(3-8-17(18)20(26)24-19)22-14-2-1-9-21-11-14/h2*1-3,8-11,15-16,22,25H,4-7,12H2,(H,23,24,26)/t15-,16-;. The molecule has 0 radical (unpaired) electrons. The minimum Gasteiger partial charge on any atom is -0.393 e. The Hall–Kier alpha value is -4.76. The van der Waals surface area contributed by atoms with Crippen LogP contribution in [0.2, 0.25) is 0 Å². The van der Waals surface area contributed by atoms with Gasteiger partial charge in [0.2, 0.25) is 0 Å². The highest BCUT2D eigenvalue weighted by atomic mass is 32.2. The van der Waals surface area contributed by atoms with E-state index >= 15 is 0 Å². The van der Waals surface area contributed by atoms with Crippen molar-refractivity contribution in [2.75, 3.05) is 10.6 Å². The van der Waals surface area contributed by atoms with Crippen LogP contribution < -0.4 is 21.8 Å². The Balaban J connectivity index is 0.000000167. The normalized spacial score (nSPS) is 19.9. The largest absolute Gasteiger partial charge is 0.393 e. The molecule has 2 fully saturated rings. The van der Waals surface area contributed by atoms with Crippen molar-refractivity contribution < 1.29 is 10.2 Å². The maximum absolute atomic E-state index is 12.4. The number of anilines is 4. The predicted molar refractivity (Wildman–Crippen MR) is 219 cm³/mol. The number of pyridine rings is 2. The molecule has 12 nitrogen and oxygen atoms in total. The predicted octanol–water partition coefficient (Wildman–Crippen LogP) is 7.20. The van der Waals surface area contributed by atoms with Crippen LogP contribution in [0.25, 0.3) is 21.8 Å². The molecule has 2 aliphatic rings. The minimum absolute atomic E-state index is 0.109. The molecule has 0 atom stereocenters. The molecule has 54 heavy (non-hydrogen) atoms. The summed E-state index contributed by atoms with van der Waals surface area (Å²) in [5.41, 5.74) is 4.66. The molecular formula is C40H44N8O4S2. The summed E-state index contributed by atoms with van der Waals surface area (Å²) in [7, 11) is 0. The first-order valence-corrected chi connectivity index (χ1v) is 20.4. The van der Waals surface area contributed by atoms with Crippen molar-refractivity contribution in [1.82, 2.24) is 29.9 Å². The quantitative estimate of drug-likeness (QED) is 0.0827. The maximum Gasteiger partial charge on any atom is 0.258 e. The topological polar surface area (TPSA) is 182 Å². The molecule has 0 saturated heterocycles. The number of nitrogens with zero attached hydrogens (tertiary/aromatic N) is 4. The minimum atomic E-state index is -0.147. The van der Waals surface area contributed by atoms with E-state index in [0.29, 0.717) is 55.5 Å². The number of nitrogens with one attached hydrogen (secondary N) is 4. The highest BCUT2D eigenvalue weighted by molar-refractivity contribution is 7.99. The molecule has 2 aliphatic carbocycles. The summed E-state index contributed by atoms with van der Waals surface area (Å²) in [5, 5.41) is 28.0. The number of aromatic amines is 2. The molecule has 8 rings (SSSR count). The van der Waals surface area contributed by atoms with Crippen molar-refractivity contribution in [2.45, 2.75) is 85.6 Å². The number of aliphatic hydroxyl groups excluding tert-OH is 2. The van der Waals surface area contributed by atoms with E-state index in [9.17, 15) is 19.8 Å². The van der Waals surface area contributed by atoms with E-state index < -0.39 is 0 Å². The van der Waals surface area contributed by atoms with Gasteiger partial charge in [-0.15, -0.1) is 0 Å². The average Bonchev–Trinajstić information content (AvgIpc) is 3.18. The van der Waals surface area contributed by atoms with E-state index in [2.05, 4.69) is 40.5 Å². The Morgan fingerprint density at radius 3 is 1.41 bits per heavy atom. The lowest BCUT2D eigenvalue weighted by atomic mass is 9.97.